The van der Waals surface area contributed by atoms with Gasteiger partial charge in [0.25, 0.3) is 0 Å². The zero-order chi connectivity index (χ0) is 16.1. The molecule has 128 valence electrons. The fourth-order valence-corrected chi connectivity index (χ4v) is 4.80. The summed E-state index contributed by atoms with van der Waals surface area (Å²) in [5, 5.41) is 3.11. The normalized spacial score (nSPS) is 30.5. The van der Waals surface area contributed by atoms with Crippen LogP contribution in [-0.2, 0) is 10.8 Å². The van der Waals surface area contributed by atoms with Crippen LogP contribution in [0.4, 0.5) is 4.79 Å². The lowest BCUT2D eigenvalue weighted by Crippen LogP contribution is -2.47. The molecule has 0 aliphatic carbocycles. The number of carbonyl (C=O) groups is 1. The largest absolute Gasteiger partial charge is 0.336 e. The van der Waals surface area contributed by atoms with Crippen LogP contribution in [0.15, 0.2) is 0 Å². The second-order valence-corrected chi connectivity index (χ2v) is 8.85. The van der Waals surface area contributed by atoms with E-state index in [1.165, 1.54) is 12.8 Å². The third-order valence-corrected chi connectivity index (χ3v) is 6.04. The Bertz CT molecular complexity index is 403. The number of amides is 2. The van der Waals surface area contributed by atoms with Crippen molar-refractivity contribution in [3.63, 3.8) is 0 Å². The first kappa shape index (κ1) is 17.7. The van der Waals surface area contributed by atoms with Gasteiger partial charge in [-0.15, -0.1) is 0 Å². The maximum atomic E-state index is 12.4. The third kappa shape index (κ3) is 5.23. The lowest BCUT2D eigenvalue weighted by molar-refractivity contribution is 0.185. The van der Waals surface area contributed by atoms with Crippen LogP contribution < -0.4 is 5.32 Å². The molecule has 2 amide bonds. The Morgan fingerprint density at radius 1 is 1.36 bits per heavy atom. The zero-order valence-corrected chi connectivity index (χ0v) is 15.0. The summed E-state index contributed by atoms with van der Waals surface area (Å²) in [6.07, 6.45) is 2.40. The summed E-state index contributed by atoms with van der Waals surface area (Å²) >= 11 is 0. The molecule has 0 spiro atoms. The van der Waals surface area contributed by atoms with E-state index < -0.39 is 10.8 Å². The highest BCUT2D eigenvalue weighted by Crippen LogP contribution is 2.18. The Balaban J connectivity index is 1.80. The van der Waals surface area contributed by atoms with Gasteiger partial charge in [0, 0.05) is 54.5 Å². The molecular weight excluding hydrogens is 298 g/mol. The molecule has 2 rings (SSSR count). The maximum Gasteiger partial charge on any atom is 0.317 e. The molecule has 0 saturated carbocycles. The summed E-state index contributed by atoms with van der Waals surface area (Å²) in [5.74, 6) is 2.31. The van der Waals surface area contributed by atoms with Gasteiger partial charge < -0.3 is 10.2 Å². The first-order valence-electron chi connectivity index (χ1n) is 8.57. The van der Waals surface area contributed by atoms with E-state index in [0.29, 0.717) is 35.9 Å². The standard InChI is InChI=1S/C16H31N3O2S/c1-13(2)10-18-6-4-5-15(18)9-17-16(20)19-7-8-22(21)12-14(3)11-19/h13-15H,4-12H2,1-3H3,(H,17,20)/t14?,15-,22?/m1/s1. The second kappa shape index (κ2) is 8.29. The molecule has 2 saturated heterocycles. The van der Waals surface area contributed by atoms with Crippen LogP contribution in [0.5, 0.6) is 0 Å². The fraction of sp³-hybridized carbons (Fsp3) is 0.938. The number of rotatable bonds is 4. The molecule has 2 aliphatic heterocycles. The lowest BCUT2D eigenvalue weighted by atomic mass is 10.1. The summed E-state index contributed by atoms with van der Waals surface area (Å²) in [4.78, 5) is 16.7. The Morgan fingerprint density at radius 3 is 2.86 bits per heavy atom. The molecule has 2 unspecified atom stereocenters. The number of carbonyl (C=O) groups excluding carboxylic acids is 1. The van der Waals surface area contributed by atoms with Gasteiger partial charge in [-0.3, -0.25) is 9.11 Å². The maximum absolute atomic E-state index is 12.4. The minimum absolute atomic E-state index is 0.0159. The topological polar surface area (TPSA) is 52.7 Å². The van der Waals surface area contributed by atoms with Crippen molar-refractivity contribution in [3.05, 3.63) is 0 Å². The summed E-state index contributed by atoms with van der Waals surface area (Å²) in [7, 11) is -0.773. The van der Waals surface area contributed by atoms with Crippen LogP contribution >= 0.6 is 0 Å². The van der Waals surface area contributed by atoms with E-state index in [4.69, 9.17) is 0 Å². The molecule has 0 aromatic heterocycles. The predicted molar refractivity (Wildman–Crippen MR) is 91.4 cm³/mol. The zero-order valence-electron chi connectivity index (χ0n) is 14.2. The van der Waals surface area contributed by atoms with Gasteiger partial charge in [-0.1, -0.05) is 20.8 Å². The van der Waals surface area contributed by atoms with E-state index in [1.54, 1.807) is 0 Å². The summed E-state index contributed by atoms with van der Waals surface area (Å²) < 4.78 is 11.7. The molecule has 2 fully saturated rings. The average molecular weight is 330 g/mol. The first-order valence-corrected chi connectivity index (χ1v) is 10.1. The van der Waals surface area contributed by atoms with Gasteiger partial charge in [0.05, 0.1) is 0 Å². The molecule has 3 atom stereocenters. The van der Waals surface area contributed by atoms with Crippen LogP contribution in [0, 0.1) is 11.8 Å². The highest BCUT2D eigenvalue weighted by atomic mass is 32.2. The van der Waals surface area contributed by atoms with Crippen LogP contribution in [0.3, 0.4) is 0 Å². The van der Waals surface area contributed by atoms with Crippen molar-refractivity contribution in [1.82, 2.24) is 15.1 Å². The third-order valence-electron chi connectivity index (χ3n) is 4.47. The Morgan fingerprint density at radius 2 is 2.14 bits per heavy atom. The fourth-order valence-electron chi connectivity index (χ4n) is 3.47. The highest BCUT2D eigenvalue weighted by Gasteiger charge is 2.27. The molecule has 22 heavy (non-hydrogen) atoms. The van der Waals surface area contributed by atoms with E-state index in [0.717, 1.165) is 26.2 Å². The van der Waals surface area contributed by atoms with Crippen molar-refractivity contribution in [2.45, 2.75) is 39.7 Å². The number of nitrogens with zero attached hydrogens (tertiary/aromatic N) is 2. The van der Waals surface area contributed by atoms with Gasteiger partial charge in [0.1, 0.15) is 0 Å². The number of hydrogen-bond acceptors (Lipinski definition) is 3. The van der Waals surface area contributed by atoms with Gasteiger partial charge in [-0.05, 0) is 31.2 Å². The van der Waals surface area contributed by atoms with E-state index in [9.17, 15) is 9.00 Å². The van der Waals surface area contributed by atoms with Crippen molar-refractivity contribution in [2.24, 2.45) is 11.8 Å². The predicted octanol–water partition coefficient (Wildman–Crippen LogP) is 1.52. The van der Waals surface area contributed by atoms with Crippen molar-refractivity contribution in [3.8, 4) is 0 Å². The smallest absolute Gasteiger partial charge is 0.317 e. The summed E-state index contributed by atoms with van der Waals surface area (Å²) in [6, 6.07) is 0.493. The molecule has 0 aromatic carbocycles. The number of nitrogens with one attached hydrogen (secondary N) is 1. The molecule has 0 aromatic rings. The molecule has 0 bridgehead atoms. The Kier molecular flexibility index (Phi) is 6.68. The van der Waals surface area contributed by atoms with Crippen LogP contribution in [-0.4, -0.2) is 70.3 Å². The van der Waals surface area contributed by atoms with Crippen molar-refractivity contribution >= 4 is 16.8 Å². The number of hydrogen-bond donors (Lipinski definition) is 1. The monoisotopic (exact) mass is 329 g/mol. The first-order chi connectivity index (χ1) is 10.5. The lowest BCUT2D eigenvalue weighted by Gasteiger charge is -2.28. The van der Waals surface area contributed by atoms with Crippen LogP contribution in [0.1, 0.15) is 33.6 Å². The molecule has 2 heterocycles. The van der Waals surface area contributed by atoms with Crippen LogP contribution in [0.2, 0.25) is 0 Å². The Labute approximate surface area is 137 Å². The van der Waals surface area contributed by atoms with Gasteiger partial charge in [-0.2, -0.15) is 0 Å². The van der Waals surface area contributed by atoms with E-state index in [2.05, 4.69) is 31.0 Å². The van der Waals surface area contributed by atoms with Gasteiger partial charge in [0.2, 0.25) is 0 Å². The minimum Gasteiger partial charge on any atom is -0.336 e. The molecule has 0 radical (unpaired) electrons. The van der Waals surface area contributed by atoms with Crippen molar-refractivity contribution in [1.29, 1.82) is 0 Å². The minimum atomic E-state index is -0.773. The summed E-state index contributed by atoms with van der Waals surface area (Å²) in [5.41, 5.74) is 0. The van der Waals surface area contributed by atoms with E-state index in [1.807, 2.05) is 4.90 Å². The second-order valence-electron chi connectivity index (χ2n) is 7.23. The van der Waals surface area contributed by atoms with E-state index >= 15 is 0 Å². The average Bonchev–Trinajstić information content (AvgIpc) is 2.78. The number of likely N-dealkylation sites (tertiary alicyclic amines) is 1. The van der Waals surface area contributed by atoms with Crippen molar-refractivity contribution < 1.29 is 9.00 Å². The highest BCUT2D eigenvalue weighted by molar-refractivity contribution is 7.85. The molecule has 5 nitrogen and oxygen atoms in total. The quantitative estimate of drug-likeness (QED) is 0.851. The molecule has 6 heteroatoms. The van der Waals surface area contributed by atoms with Crippen molar-refractivity contribution in [2.75, 3.05) is 44.2 Å². The van der Waals surface area contributed by atoms with E-state index in [-0.39, 0.29) is 6.03 Å². The number of urea groups is 1. The SMILES string of the molecule is CC(C)CN1CCC[C@@H]1CNC(=O)N1CCS(=O)CC(C)C1. The van der Waals surface area contributed by atoms with Gasteiger partial charge >= 0.3 is 6.03 Å². The van der Waals surface area contributed by atoms with Gasteiger partial charge in [0.15, 0.2) is 0 Å². The molecule has 2 aliphatic rings. The summed E-state index contributed by atoms with van der Waals surface area (Å²) in [6.45, 7) is 10.9. The Hall–Kier alpha value is -0.620. The van der Waals surface area contributed by atoms with Crippen LogP contribution in [0.25, 0.3) is 0 Å². The van der Waals surface area contributed by atoms with Gasteiger partial charge in [-0.25, -0.2) is 4.79 Å². The molecular formula is C16H31N3O2S. The molecule has 1 N–H and O–H groups in total.